The van der Waals surface area contributed by atoms with E-state index in [2.05, 4.69) is 0 Å². The topological polar surface area (TPSA) is 49.9 Å². The van der Waals surface area contributed by atoms with Crippen molar-refractivity contribution in [3.8, 4) is 5.75 Å². The van der Waals surface area contributed by atoms with Crippen LogP contribution in [0, 0.1) is 0 Å². The number of halogens is 1. The summed E-state index contributed by atoms with van der Waals surface area (Å²) in [5.41, 5.74) is 1.32. The van der Waals surface area contributed by atoms with Crippen molar-refractivity contribution in [1.29, 1.82) is 0 Å². The number of hydrogen-bond donors (Lipinski definition) is 0. The number of methoxy groups -OCH3 is 1. The van der Waals surface area contributed by atoms with Gasteiger partial charge in [0.1, 0.15) is 11.4 Å². The standard InChI is InChI=1S/C19H17ClN2O3S/c1-25-14-7-6-12(20)11-13(14)22-18(23)16(15-5-4-10-26-15)17(19(22)24)21-8-2-3-9-21/h4-7,10-11H,2-3,8-9H2,1H3. The SMILES string of the molecule is COc1ccc(Cl)cc1N1C(=O)C(c2cccs2)=C(N2CCCC2)C1=O. The highest BCUT2D eigenvalue weighted by atomic mass is 35.5. The van der Waals surface area contributed by atoms with Crippen molar-refractivity contribution in [2.45, 2.75) is 12.8 Å². The average molecular weight is 389 g/mol. The second-order valence-corrected chi connectivity index (χ2v) is 7.54. The lowest BCUT2D eigenvalue weighted by Gasteiger charge is -2.21. The van der Waals surface area contributed by atoms with E-state index in [-0.39, 0.29) is 11.8 Å². The quantitative estimate of drug-likeness (QED) is 0.748. The van der Waals surface area contributed by atoms with E-state index >= 15 is 0 Å². The number of thiophene rings is 1. The van der Waals surface area contributed by atoms with Gasteiger partial charge in [-0.1, -0.05) is 17.7 Å². The second kappa shape index (κ2) is 6.78. The first-order valence-electron chi connectivity index (χ1n) is 8.37. The first-order valence-corrected chi connectivity index (χ1v) is 9.63. The molecule has 1 fully saturated rings. The number of carbonyl (C=O) groups excluding carboxylic acids is 2. The largest absolute Gasteiger partial charge is 0.495 e. The van der Waals surface area contributed by atoms with E-state index in [0.717, 1.165) is 30.8 Å². The molecule has 0 saturated carbocycles. The zero-order valence-corrected chi connectivity index (χ0v) is 15.8. The Labute approximate surface area is 160 Å². The van der Waals surface area contributed by atoms with Crippen LogP contribution in [-0.2, 0) is 9.59 Å². The van der Waals surface area contributed by atoms with Crippen LogP contribution in [0.15, 0.2) is 41.4 Å². The molecule has 0 atom stereocenters. The van der Waals surface area contributed by atoms with Crippen molar-refractivity contribution in [3.05, 3.63) is 51.3 Å². The maximum absolute atomic E-state index is 13.3. The van der Waals surface area contributed by atoms with E-state index in [0.29, 0.717) is 27.7 Å². The third-order valence-corrected chi connectivity index (χ3v) is 5.75. The van der Waals surface area contributed by atoms with Crippen LogP contribution < -0.4 is 9.64 Å². The highest BCUT2D eigenvalue weighted by Gasteiger charge is 2.44. The molecule has 2 amide bonds. The molecule has 2 aliphatic rings. The summed E-state index contributed by atoms with van der Waals surface area (Å²) in [6, 6.07) is 8.69. The van der Waals surface area contributed by atoms with E-state index in [1.165, 1.54) is 23.3 Å². The molecule has 134 valence electrons. The Hall–Kier alpha value is -2.31. The Balaban J connectivity index is 1.85. The molecule has 0 N–H and O–H groups in total. The third-order valence-electron chi connectivity index (χ3n) is 4.63. The van der Waals surface area contributed by atoms with Gasteiger partial charge in [-0.2, -0.15) is 0 Å². The van der Waals surface area contributed by atoms with Gasteiger partial charge in [0, 0.05) is 23.0 Å². The molecule has 26 heavy (non-hydrogen) atoms. The highest BCUT2D eigenvalue weighted by Crippen LogP contribution is 2.41. The molecular formula is C19H17ClN2O3S. The van der Waals surface area contributed by atoms with Crippen molar-refractivity contribution < 1.29 is 14.3 Å². The van der Waals surface area contributed by atoms with Crippen molar-refractivity contribution in [3.63, 3.8) is 0 Å². The smallest absolute Gasteiger partial charge is 0.282 e. The maximum atomic E-state index is 13.3. The van der Waals surface area contributed by atoms with Crippen molar-refractivity contribution in [1.82, 2.24) is 4.90 Å². The van der Waals surface area contributed by atoms with E-state index in [9.17, 15) is 9.59 Å². The Morgan fingerprint density at radius 2 is 1.88 bits per heavy atom. The number of ether oxygens (including phenoxy) is 1. The van der Waals surface area contributed by atoms with Crippen LogP contribution in [0.25, 0.3) is 5.57 Å². The molecular weight excluding hydrogens is 372 g/mol. The number of rotatable bonds is 4. The predicted molar refractivity (Wildman–Crippen MR) is 103 cm³/mol. The molecule has 0 bridgehead atoms. The number of benzene rings is 1. The summed E-state index contributed by atoms with van der Waals surface area (Å²) in [4.78, 5) is 30.6. The van der Waals surface area contributed by atoms with Crippen LogP contribution in [-0.4, -0.2) is 36.9 Å². The van der Waals surface area contributed by atoms with Crippen LogP contribution in [0.3, 0.4) is 0 Å². The first-order chi connectivity index (χ1) is 12.6. The summed E-state index contributed by atoms with van der Waals surface area (Å²) < 4.78 is 5.36. The van der Waals surface area contributed by atoms with Crippen molar-refractivity contribution in [2.75, 3.05) is 25.1 Å². The molecule has 2 aliphatic heterocycles. The van der Waals surface area contributed by atoms with Crippen LogP contribution in [0.5, 0.6) is 5.75 Å². The van der Waals surface area contributed by atoms with Crippen LogP contribution in [0.4, 0.5) is 5.69 Å². The Kier molecular flexibility index (Phi) is 4.46. The minimum absolute atomic E-state index is 0.319. The van der Waals surface area contributed by atoms with Gasteiger partial charge in [0.15, 0.2) is 0 Å². The number of carbonyl (C=O) groups is 2. The number of anilines is 1. The fraction of sp³-hybridized carbons (Fsp3) is 0.263. The molecule has 0 unspecified atom stereocenters. The molecule has 4 rings (SSSR count). The molecule has 0 spiro atoms. The molecule has 3 heterocycles. The molecule has 1 saturated heterocycles. The van der Waals surface area contributed by atoms with Gasteiger partial charge in [-0.05, 0) is 42.5 Å². The van der Waals surface area contributed by atoms with E-state index in [1.54, 1.807) is 18.2 Å². The third kappa shape index (κ3) is 2.70. The minimum atomic E-state index is -0.333. The Morgan fingerprint density at radius 3 is 2.54 bits per heavy atom. The summed E-state index contributed by atoms with van der Waals surface area (Å²) in [5, 5.41) is 2.35. The normalized spacial score (nSPS) is 17.6. The van der Waals surface area contributed by atoms with Gasteiger partial charge in [-0.3, -0.25) is 9.59 Å². The summed E-state index contributed by atoms with van der Waals surface area (Å²) in [7, 11) is 1.51. The Morgan fingerprint density at radius 1 is 1.12 bits per heavy atom. The number of imide groups is 1. The van der Waals surface area contributed by atoms with Gasteiger partial charge in [-0.25, -0.2) is 4.90 Å². The number of hydrogen-bond acceptors (Lipinski definition) is 5. The zero-order chi connectivity index (χ0) is 18.3. The number of amides is 2. The molecule has 1 aromatic carbocycles. The fourth-order valence-corrected chi connectivity index (χ4v) is 4.38. The molecule has 7 heteroatoms. The van der Waals surface area contributed by atoms with Gasteiger partial charge < -0.3 is 9.64 Å². The highest BCUT2D eigenvalue weighted by molar-refractivity contribution is 7.11. The predicted octanol–water partition coefficient (Wildman–Crippen LogP) is 3.79. The van der Waals surface area contributed by atoms with Crippen LogP contribution in [0.1, 0.15) is 17.7 Å². The maximum Gasteiger partial charge on any atom is 0.282 e. The molecule has 5 nitrogen and oxygen atoms in total. The van der Waals surface area contributed by atoms with Gasteiger partial charge in [0.2, 0.25) is 0 Å². The van der Waals surface area contributed by atoms with Gasteiger partial charge in [-0.15, -0.1) is 11.3 Å². The van der Waals surface area contributed by atoms with Crippen LogP contribution >= 0.6 is 22.9 Å². The lowest BCUT2D eigenvalue weighted by Crippen LogP contribution is -2.34. The second-order valence-electron chi connectivity index (χ2n) is 6.16. The van der Waals surface area contributed by atoms with Crippen LogP contribution in [0.2, 0.25) is 5.02 Å². The van der Waals surface area contributed by atoms with Gasteiger partial charge >= 0.3 is 0 Å². The van der Waals surface area contributed by atoms with Gasteiger partial charge in [0.25, 0.3) is 11.8 Å². The lowest BCUT2D eigenvalue weighted by molar-refractivity contribution is -0.120. The first kappa shape index (κ1) is 17.1. The average Bonchev–Trinajstić information content (AvgIpc) is 3.36. The van der Waals surface area contributed by atoms with Crippen molar-refractivity contribution in [2.24, 2.45) is 0 Å². The Bertz CT molecular complexity index is 902. The minimum Gasteiger partial charge on any atom is -0.495 e. The summed E-state index contributed by atoms with van der Waals surface area (Å²) in [6.45, 7) is 1.56. The number of likely N-dealkylation sites (tertiary alicyclic amines) is 1. The van der Waals surface area contributed by atoms with E-state index < -0.39 is 0 Å². The number of nitrogens with zero attached hydrogens (tertiary/aromatic N) is 2. The van der Waals surface area contributed by atoms with Gasteiger partial charge in [0.05, 0.1) is 18.4 Å². The zero-order valence-electron chi connectivity index (χ0n) is 14.2. The summed E-state index contributed by atoms with van der Waals surface area (Å²) >= 11 is 7.58. The molecule has 2 aromatic rings. The summed E-state index contributed by atoms with van der Waals surface area (Å²) in [6.07, 6.45) is 2.03. The molecule has 0 radical (unpaired) electrons. The molecule has 0 aliphatic carbocycles. The monoisotopic (exact) mass is 388 g/mol. The molecule has 1 aromatic heterocycles. The van der Waals surface area contributed by atoms with Crippen molar-refractivity contribution >= 4 is 46.0 Å². The summed E-state index contributed by atoms with van der Waals surface area (Å²) in [5.74, 6) is -0.218. The van der Waals surface area contributed by atoms with E-state index in [1.807, 2.05) is 22.4 Å². The van der Waals surface area contributed by atoms with E-state index in [4.69, 9.17) is 16.3 Å². The fourth-order valence-electron chi connectivity index (χ4n) is 3.45. The lowest BCUT2D eigenvalue weighted by atomic mass is 10.2.